The molecule has 0 unspecified atom stereocenters. The summed E-state index contributed by atoms with van der Waals surface area (Å²) in [5, 5.41) is 0. The van der Waals surface area contributed by atoms with E-state index in [1.807, 2.05) is 19.0 Å². The van der Waals surface area contributed by atoms with Crippen LogP contribution in [0.2, 0.25) is 0 Å². The Labute approximate surface area is 110 Å². The molecule has 0 saturated heterocycles. The number of methoxy groups -OCH3 is 1. The van der Waals surface area contributed by atoms with E-state index in [4.69, 9.17) is 4.42 Å². The van der Waals surface area contributed by atoms with Gasteiger partial charge in [0.2, 0.25) is 0 Å². The lowest BCUT2D eigenvalue weighted by Gasteiger charge is -2.09. The number of oxazole rings is 1. The predicted octanol–water partition coefficient (Wildman–Crippen LogP) is 0.943. The molecule has 1 aromatic carbocycles. The maximum Gasteiger partial charge on any atom is 0.419 e. The van der Waals surface area contributed by atoms with Crippen LogP contribution in [0, 0.1) is 0 Å². The van der Waals surface area contributed by atoms with E-state index in [0.29, 0.717) is 23.2 Å². The lowest BCUT2D eigenvalue weighted by atomic mass is 10.2. The Morgan fingerprint density at radius 3 is 2.79 bits per heavy atom. The Morgan fingerprint density at radius 1 is 1.42 bits per heavy atom. The first-order valence-corrected chi connectivity index (χ1v) is 5.89. The number of benzene rings is 1. The minimum Gasteiger partial charge on any atom is -0.465 e. The van der Waals surface area contributed by atoms with Crippen LogP contribution in [0.15, 0.2) is 27.4 Å². The van der Waals surface area contributed by atoms with Gasteiger partial charge in [0.05, 0.1) is 18.2 Å². The van der Waals surface area contributed by atoms with E-state index in [9.17, 15) is 9.59 Å². The largest absolute Gasteiger partial charge is 0.465 e. The number of ether oxygens (including phenoxy) is 1. The number of carbonyl (C=O) groups excluding carboxylic acids is 1. The SMILES string of the molecule is COC(=O)c1ccc2c(c1)oc(=O)n2CCN(C)C. The summed E-state index contributed by atoms with van der Waals surface area (Å²) in [6.45, 7) is 1.27. The predicted molar refractivity (Wildman–Crippen MR) is 70.4 cm³/mol. The van der Waals surface area contributed by atoms with Crippen molar-refractivity contribution in [1.29, 1.82) is 0 Å². The Bertz CT molecular complexity index is 654. The molecule has 0 atom stereocenters. The summed E-state index contributed by atoms with van der Waals surface area (Å²) in [5.41, 5.74) is 1.44. The van der Waals surface area contributed by atoms with Crippen LogP contribution >= 0.6 is 0 Å². The lowest BCUT2D eigenvalue weighted by Crippen LogP contribution is -2.23. The van der Waals surface area contributed by atoms with Gasteiger partial charge >= 0.3 is 11.7 Å². The molecule has 0 bridgehead atoms. The Kier molecular flexibility index (Phi) is 3.71. The summed E-state index contributed by atoms with van der Waals surface area (Å²) in [6, 6.07) is 4.84. The minimum absolute atomic E-state index is 0.364. The zero-order chi connectivity index (χ0) is 14.0. The standard InChI is InChI=1S/C13H16N2O4/c1-14(2)6-7-15-10-5-4-9(12(16)18-3)8-11(10)19-13(15)17/h4-5,8H,6-7H2,1-3H3. The number of aromatic nitrogens is 1. The minimum atomic E-state index is -0.453. The summed E-state index contributed by atoms with van der Waals surface area (Å²) in [5.74, 6) is -0.871. The molecule has 0 fully saturated rings. The molecule has 102 valence electrons. The highest BCUT2D eigenvalue weighted by Gasteiger charge is 2.13. The van der Waals surface area contributed by atoms with Crippen LogP contribution in [-0.4, -0.2) is 43.2 Å². The van der Waals surface area contributed by atoms with Gasteiger partial charge in [-0.2, -0.15) is 0 Å². The second kappa shape index (κ2) is 5.27. The molecule has 0 spiro atoms. The van der Waals surface area contributed by atoms with E-state index in [1.54, 1.807) is 16.7 Å². The molecular formula is C13H16N2O4. The van der Waals surface area contributed by atoms with E-state index in [-0.39, 0.29) is 0 Å². The van der Waals surface area contributed by atoms with Gasteiger partial charge in [0.1, 0.15) is 0 Å². The Morgan fingerprint density at radius 2 is 2.16 bits per heavy atom. The highest BCUT2D eigenvalue weighted by atomic mass is 16.5. The highest BCUT2D eigenvalue weighted by Crippen LogP contribution is 2.15. The number of likely N-dealkylation sites (N-methyl/N-ethyl adjacent to an activating group) is 1. The molecule has 0 aliphatic carbocycles. The van der Waals surface area contributed by atoms with Crippen molar-refractivity contribution >= 4 is 17.1 Å². The third-order valence-electron chi connectivity index (χ3n) is 2.86. The van der Waals surface area contributed by atoms with Crippen LogP contribution in [0.3, 0.4) is 0 Å². The first-order valence-electron chi connectivity index (χ1n) is 5.89. The molecule has 0 aliphatic rings. The molecular weight excluding hydrogens is 248 g/mol. The molecule has 1 aromatic heterocycles. The normalized spacial score (nSPS) is 11.2. The Hall–Kier alpha value is -2.08. The molecule has 2 aromatic rings. The fourth-order valence-electron chi connectivity index (χ4n) is 1.82. The van der Waals surface area contributed by atoms with E-state index in [1.165, 1.54) is 13.2 Å². The third kappa shape index (κ3) is 2.68. The molecule has 6 nitrogen and oxygen atoms in total. The van der Waals surface area contributed by atoms with Crippen molar-refractivity contribution < 1.29 is 13.9 Å². The van der Waals surface area contributed by atoms with Crippen molar-refractivity contribution in [3.05, 3.63) is 34.3 Å². The maximum atomic E-state index is 11.8. The fourth-order valence-corrected chi connectivity index (χ4v) is 1.82. The monoisotopic (exact) mass is 264 g/mol. The quantitative estimate of drug-likeness (QED) is 0.769. The molecule has 0 saturated carbocycles. The van der Waals surface area contributed by atoms with Crippen LogP contribution in [0.25, 0.3) is 11.1 Å². The number of rotatable bonds is 4. The maximum absolute atomic E-state index is 11.8. The highest BCUT2D eigenvalue weighted by molar-refractivity contribution is 5.93. The van der Waals surface area contributed by atoms with E-state index < -0.39 is 11.7 Å². The van der Waals surface area contributed by atoms with Gasteiger partial charge in [-0.05, 0) is 32.3 Å². The van der Waals surface area contributed by atoms with Crippen LogP contribution < -0.4 is 5.76 Å². The average molecular weight is 264 g/mol. The van der Waals surface area contributed by atoms with Crippen molar-refractivity contribution in [2.75, 3.05) is 27.7 Å². The van der Waals surface area contributed by atoms with Gasteiger partial charge in [-0.15, -0.1) is 0 Å². The van der Waals surface area contributed by atoms with Gasteiger partial charge in [-0.1, -0.05) is 0 Å². The van der Waals surface area contributed by atoms with E-state index in [2.05, 4.69) is 4.74 Å². The number of fused-ring (bicyclic) bond motifs is 1. The second-order valence-electron chi connectivity index (χ2n) is 4.50. The number of hydrogen-bond acceptors (Lipinski definition) is 5. The van der Waals surface area contributed by atoms with Gasteiger partial charge in [0.25, 0.3) is 0 Å². The second-order valence-corrected chi connectivity index (χ2v) is 4.50. The smallest absolute Gasteiger partial charge is 0.419 e. The number of hydrogen-bond donors (Lipinski definition) is 0. The summed E-state index contributed by atoms with van der Waals surface area (Å²) >= 11 is 0. The van der Waals surface area contributed by atoms with Gasteiger partial charge < -0.3 is 14.1 Å². The topological polar surface area (TPSA) is 64.7 Å². The van der Waals surface area contributed by atoms with Gasteiger partial charge in [0.15, 0.2) is 5.58 Å². The molecule has 0 aliphatic heterocycles. The lowest BCUT2D eigenvalue weighted by molar-refractivity contribution is 0.0601. The molecule has 0 amide bonds. The molecule has 0 radical (unpaired) electrons. The zero-order valence-electron chi connectivity index (χ0n) is 11.2. The number of esters is 1. The fraction of sp³-hybridized carbons (Fsp3) is 0.385. The van der Waals surface area contributed by atoms with Crippen molar-refractivity contribution in [3.63, 3.8) is 0 Å². The number of nitrogens with zero attached hydrogens (tertiary/aromatic N) is 2. The summed E-state index contributed by atoms with van der Waals surface area (Å²) < 4.78 is 11.3. The molecule has 6 heteroatoms. The van der Waals surface area contributed by atoms with Gasteiger partial charge in [-0.25, -0.2) is 9.59 Å². The van der Waals surface area contributed by atoms with Gasteiger partial charge in [0, 0.05) is 13.1 Å². The van der Waals surface area contributed by atoms with Crippen molar-refractivity contribution in [1.82, 2.24) is 9.47 Å². The van der Waals surface area contributed by atoms with Crippen molar-refractivity contribution in [2.24, 2.45) is 0 Å². The van der Waals surface area contributed by atoms with Crippen LogP contribution in [0.4, 0.5) is 0 Å². The first kappa shape index (κ1) is 13.4. The van der Waals surface area contributed by atoms with Crippen LogP contribution in [-0.2, 0) is 11.3 Å². The summed E-state index contributed by atoms with van der Waals surface area (Å²) in [4.78, 5) is 25.2. The molecule has 2 rings (SSSR count). The van der Waals surface area contributed by atoms with E-state index in [0.717, 1.165) is 6.54 Å². The Balaban J connectivity index is 2.42. The van der Waals surface area contributed by atoms with Crippen molar-refractivity contribution in [3.8, 4) is 0 Å². The van der Waals surface area contributed by atoms with Crippen molar-refractivity contribution in [2.45, 2.75) is 6.54 Å². The van der Waals surface area contributed by atoms with E-state index >= 15 is 0 Å². The molecule has 19 heavy (non-hydrogen) atoms. The summed E-state index contributed by atoms with van der Waals surface area (Å²) in [7, 11) is 5.18. The number of carbonyl (C=O) groups is 1. The zero-order valence-corrected chi connectivity index (χ0v) is 11.2. The summed E-state index contributed by atoms with van der Waals surface area (Å²) in [6.07, 6.45) is 0. The van der Waals surface area contributed by atoms with Crippen LogP contribution in [0.1, 0.15) is 10.4 Å². The molecule has 0 N–H and O–H groups in total. The molecule has 1 heterocycles. The van der Waals surface area contributed by atoms with Crippen LogP contribution in [0.5, 0.6) is 0 Å². The first-order chi connectivity index (χ1) is 9.02. The average Bonchev–Trinajstić information content (AvgIpc) is 2.69. The van der Waals surface area contributed by atoms with Gasteiger partial charge in [-0.3, -0.25) is 4.57 Å². The third-order valence-corrected chi connectivity index (χ3v) is 2.86.